The van der Waals surface area contributed by atoms with Crippen molar-refractivity contribution in [1.82, 2.24) is 9.55 Å². The molecule has 0 spiro atoms. The Hall–Kier alpha value is -0.550. The predicted molar refractivity (Wildman–Crippen MR) is 51.5 cm³/mol. The Morgan fingerprint density at radius 3 is 2.85 bits per heavy atom. The molecule has 0 aliphatic carbocycles. The van der Waals surface area contributed by atoms with Gasteiger partial charge in [-0.15, -0.1) is 11.6 Å². The van der Waals surface area contributed by atoms with Gasteiger partial charge in [-0.3, -0.25) is 0 Å². The lowest BCUT2D eigenvalue weighted by Crippen LogP contribution is -2.11. The number of aromatic nitrogens is 2. The highest BCUT2D eigenvalue weighted by atomic mass is 35.5. The monoisotopic (exact) mass is 222 g/mol. The third kappa shape index (κ3) is 3.36. The number of hydrogen-bond donors (Lipinski definition) is 0. The molecule has 0 unspecified atom stereocenters. The Morgan fingerprint density at radius 2 is 2.31 bits per heavy atom. The standard InChI is InChI=1S/C7H11ClN2O2S/c1-13(11,12)3-2-10-6-9-5-7(10)4-8/h5-6H,2-4H2,1H3. The molecular formula is C7H11ClN2O2S. The summed E-state index contributed by atoms with van der Waals surface area (Å²) < 4.78 is 23.5. The van der Waals surface area contributed by atoms with Gasteiger partial charge in [-0.2, -0.15) is 0 Å². The van der Waals surface area contributed by atoms with Crippen LogP contribution in [-0.4, -0.2) is 30.0 Å². The molecule has 1 rings (SSSR count). The van der Waals surface area contributed by atoms with E-state index < -0.39 is 9.84 Å². The van der Waals surface area contributed by atoms with Crippen LogP contribution in [0.5, 0.6) is 0 Å². The summed E-state index contributed by atoms with van der Waals surface area (Å²) in [4.78, 5) is 3.88. The van der Waals surface area contributed by atoms with Crippen molar-refractivity contribution in [3.05, 3.63) is 18.2 Å². The third-order valence-corrected chi connectivity index (χ3v) is 2.84. The molecule has 0 amide bonds. The molecule has 1 heterocycles. The second kappa shape index (κ2) is 4.11. The summed E-state index contributed by atoms with van der Waals surface area (Å²) in [6.07, 6.45) is 4.43. The molecule has 6 heteroatoms. The van der Waals surface area contributed by atoms with Crippen LogP contribution in [0, 0.1) is 0 Å². The minimum absolute atomic E-state index is 0.118. The van der Waals surface area contributed by atoms with E-state index in [0.29, 0.717) is 12.4 Å². The molecule has 1 aromatic heterocycles. The fourth-order valence-electron chi connectivity index (χ4n) is 0.925. The van der Waals surface area contributed by atoms with Gasteiger partial charge in [0, 0.05) is 19.0 Å². The van der Waals surface area contributed by atoms with Gasteiger partial charge >= 0.3 is 0 Å². The maximum atomic E-state index is 10.9. The normalized spacial score (nSPS) is 11.8. The average molecular weight is 223 g/mol. The molecule has 0 N–H and O–H groups in total. The summed E-state index contributed by atoms with van der Waals surface area (Å²) in [6, 6.07) is 0. The van der Waals surface area contributed by atoms with E-state index in [1.54, 1.807) is 17.1 Å². The first-order valence-electron chi connectivity index (χ1n) is 3.75. The van der Waals surface area contributed by atoms with Crippen LogP contribution in [-0.2, 0) is 22.3 Å². The van der Waals surface area contributed by atoms with E-state index in [1.807, 2.05) is 0 Å². The van der Waals surface area contributed by atoms with Crippen LogP contribution < -0.4 is 0 Å². The van der Waals surface area contributed by atoms with Crippen molar-refractivity contribution in [2.75, 3.05) is 12.0 Å². The largest absolute Gasteiger partial charge is 0.332 e. The summed E-state index contributed by atoms with van der Waals surface area (Å²) in [5.74, 6) is 0.469. The highest BCUT2D eigenvalue weighted by Crippen LogP contribution is 2.03. The van der Waals surface area contributed by atoms with Gasteiger partial charge in [0.25, 0.3) is 0 Å². The van der Waals surface area contributed by atoms with Crippen molar-refractivity contribution in [2.24, 2.45) is 0 Å². The van der Waals surface area contributed by atoms with Crippen molar-refractivity contribution >= 4 is 21.4 Å². The summed E-state index contributed by atoms with van der Waals surface area (Å²) in [7, 11) is -2.92. The molecule has 13 heavy (non-hydrogen) atoms. The number of sulfone groups is 1. The third-order valence-electron chi connectivity index (χ3n) is 1.64. The maximum absolute atomic E-state index is 10.9. The fraction of sp³-hybridized carbons (Fsp3) is 0.571. The molecule has 0 aliphatic rings. The second-order valence-electron chi connectivity index (χ2n) is 2.84. The second-order valence-corrected chi connectivity index (χ2v) is 5.37. The summed E-state index contributed by atoms with van der Waals surface area (Å²) in [5.41, 5.74) is 0.838. The van der Waals surface area contributed by atoms with Crippen LogP contribution >= 0.6 is 11.6 Å². The van der Waals surface area contributed by atoms with E-state index in [2.05, 4.69) is 4.98 Å². The van der Waals surface area contributed by atoms with Crippen LogP contribution in [0.2, 0.25) is 0 Å². The Balaban J connectivity index is 2.64. The Morgan fingerprint density at radius 1 is 1.62 bits per heavy atom. The van der Waals surface area contributed by atoms with Gasteiger partial charge < -0.3 is 4.57 Å². The summed E-state index contributed by atoms with van der Waals surface area (Å²) in [6.45, 7) is 0.418. The zero-order chi connectivity index (χ0) is 9.90. The molecule has 0 atom stereocenters. The van der Waals surface area contributed by atoms with E-state index >= 15 is 0 Å². The number of hydrogen-bond acceptors (Lipinski definition) is 3. The van der Waals surface area contributed by atoms with Gasteiger partial charge in [-0.25, -0.2) is 13.4 Å². The summed E-state index contributed by atoms with van der Waals surface area (Å²) in [5, 5.41) is 0. The van der Waals surface area contributed by atoms with Crippen LogP contribution in [0.3, 0.4) is 0 Å². The van der Waals surface area contributed by atoms with Crippen LogP contribution in [0.25, 0.3) is 0 Å². The van der Waals surface area contributed by atoms with Crippen molar-refractivity contribution in [3.63, 3.8) is 0 Å². The Bertz CT molecular complexity index is 372. The SMILES string of the molecule is CS(=O)(=O)CCn1cncc1CCl. The first kappa shape index (κ1) is 10.5. The molecule has 0 saturated carbocycles. The molecule has 74 valence electrons. The van der Waals surface area contributed by atoms with E-state index in [9.17, 15) is 8.42 Å². The lowest BCUT2D eigenvalue weighted by molar-refractivity contribution is 0.593. The number of alkyl halides is 1. The lowest BCUT2D eigenvalue weighted by atomic mass is 10.5. The first-order chi connectivity index (χ1) is 6.03. The Labute approximate surface area is 82.5 Å². The fourth-order valence-corrected chi connectivity index (χ4v) is 1.68. The lowest BCUT2D eigenvalue weighted by Gasteiger charge is -2.03. The molecule has 0 radical (unpaired) electrons. The highest BCUT2D eigenvalue weighted by Gasteiger charge is 2.05. The van der Waals surface area contributed by atoms with Gasteiger partial charge in [-0.1, -0.05) is 0 Å². The smallest absolute Gasteiger partial charge is 0.149 e. The van der Waals surface area contributed by atoms with Crippen molar-refractivity contribution < 1.29 is 8.42 Å². The predicted octanol–water partition coefficient (Wildman–Crippen LogP) is 0.666. The zero-order valence-corrected chi connectivity index (χ0v) is 8.85. The van der Waals surface area contributed by atoms with Crippen molar-refractivity contribution in [1.29, 1.82) is 0 Å². The van der Waals surface area contributed by atoms with Gasteiger partial charge in [0.1, 0.15) is 9.84 Å². The number of aryl methyl sites for hydroxylation is 1. The average Bonchev–Trinajstić information content (AvgIpc) is 2.46. The first-order valence-corrected chi connectivity index (χ1v) is 6.35. The molecule has 0 bridgehead atoms. The molecule has 0 fully saturated rings. The molecule has 0 aromatic carbocycles. The molecule has 0 aliphatic heterocycles. The number of imidazole rings is 1. The molecule has 4 nitrogen and oxygen atoms in total. The van der Waals surface area contributed by atoms with E-state index in [0.717, 1.165) is 5.69 Å². The van der Waals surface area contributed by atoms with E-state index in [4.69, 9.17) is 11.6 Å². The van der Waals surface area contributed by atoms with Gasteiger partial charge in [0.15, 0.2) is 0 Å². The quantitative estimate of drug-likeness (QED) is 0.704. The zero-order valence-electron chi connectivity index (χ0n) is 7.27. The van der Waals surface area contributed by atoms with Crippen molar-refractivity contribution in [3.8, 4) is 0 Å². The van der Waals surface area contributed by atoms with Gasteiger partial charge in [0.2, 0.25) is 0 Å². The van der Waals surface area contributed by atoms with E-state index in [-0.39, 0.29) is 5.75 Å². The highest BCUT2D eigenvalue weighted by molar-refractivity contribution is 7.90. The van der Waals surface area contributed by atoms with Gasteiger partial charge in [-0.05, 0) is 0 Å². The molecule has 1 aromatic rings. The Kier molecular flexibility index (Phi) is 3.33. The number of nitrogens with zero attached hydrogens (tertiary/aromatic N) is 2. The maximum Gasteiger partial charge on any atom is 0.149 e. The number of halogens is 1. The van der Waals surface area contributed by atoms with Crippen molar-refractivity contribution in [2.45, 2.75) is 12.4 Å². The van der Waals surface area contributed by atoms with E-state index in [1.165, 1.54) is 6.26 Å². The number of rotatable bonds is 4. The molecular weight excluding hydrogens is 212 g/mol. The van der Waals surface area contributed by atoms with Crippen LogP contribution in [0.15, 0.2) is 12.5 Å². The summed E-state index contributed by atoms with van der Waals surface area (Å²) >= 11 is 5.61. The topological polar surface area (TPSA) is 52.0 Å². The minimum atomic E-state index is -2.92. The van der Waals surface area contributed by atoms with Crippen LogP contribution in [0.4, 0.5) is 0 Å². The van der Waals surface area contributed by atoms with Gasteiger partial charge in [0.05, 0.1) is 23.7 Å². The van der Waals surface area contributed by atoms with Crippen LogP contribution in [0.1, 0.15) is 5.69 Å². The minimum Gasteiger partial charge on any atom is -0.332 e. The molecule has 0 saturated heterocycles.